The second-order valence-electron chi connectivity index (χ2n) is 16.6. The van der Waals surface area contributed by atoms with E-state index in [9.17, 15) is 19.5 Å². The van der Waals surface area contributed by atoms with E-state index in [1.807, 2.05) is 21.1 Å². The normalized spacial score (nSPS) is 13.9. The first-order valence-corrected chi connectivity index (χ1v) is 23.9. The Hall–Kier alpha value is -4.01. The molecule has 0 aromatic heterocycles. The number of likely N-dealkylation sites (N-methyl/N-ethyl adjacent to an activating group) is 1. The van der Waals surface area contributed by atoms with Gasteiger partial charge in [0, 0.05) is 19.3 Å². The quantitative estimate of drug-likeness (QED) is 0.0283. The van der Waals surface area contributed by atoms with Gasteiger partial charge >= 0.3 is 17.9 Å². The molecule has 0 aliphatic carbocycles. The van der Waals surface area contributed by atoms with Gasteiger partial charge in [-0.25, -0.2) is 4.79 Å². The van der Waals surface area contributed by atoms with Crippen molar-refractivity contribution in [3.8, 4) is 0 Å². The lowest BCUT2D eigenvalue weighted by Crippen LogP contribution is -2.50. The van der Waals surface area contributed by atoms with Crippen molar-refractivity contribution in [2.75, 3.05) is 41.0 Å². The summed E-state index contributed by atoms with van der Waals surface area (Å²) >= 11 is 0. The Morgan fingerprint density at radius 3 is 1.39 bits per heavy atom. The van der Waals surface area contributed by atoms with Gasteiger partial charge in [-0.1, -0.05) is 155 Å². The van der Waals surface area contributed by atoms with Crippen LogP contribution in [-0.4, -0.2) is 80.6 Å². The molecule has 62 heavy (non-hydrogen) atoms. The molecule has 0 aromatic rings. The van der Waals surface area contributed by atoms with Gasteiger partial charge in [0.05, 0.1) is 34.4 Å². The third-order valence-electron chi connectivity index (χ3n) is 9.91. The van der Waals surface area contributed by atoms with Crippen molar-refractivity contribution in [3.05, 3.63) is 109 Å². The van der Waals surface area contributed by atoms with Crippen LogP contribution in [0.4, 0.5) is 0 Å². The van der Waals surface area contributed by atoms with Crippen LogP contribution >= 0.6 is 0 Å². The summed E-state index contributed by atoms with van der Waals surface area (Å²) in [6.45, 7) is 4.49. The average Bonchev–Trinajstić information content (AvgIpc) is 3.23. The third kappa shape index (κ3) is 41.3. The Bertz CT molecular complexity index is 1370. The molecule has 0 aliphatic heterocycles. The van der Waals surface area contributed by atoms with Crippen LogP contribution in [-0.2, 0) is 28.6 Å². The molecule has 0 rings (SSSR count). The summed E-state index contributed by atoms with van der Waals surface area (Å²) in [4.78, 5) is 37.0. The minimum Gasteiger partial charge on any atom is -0.477 e. The lowest BCUT2D eigenvalue weighted by Gasteiger charge is -2.31. The molecular weight excluding hydrogens is 775 g/mol. The SMILES string of the molecule is CC/C=C/C/C=C/C/C=C/C/C=C/C/C=C/C/C=C/CCCCC(=O)OC(COCCC(C(=O)O)[N+](C)(C)C)COC(=O)CCC/C=C/C/C=C/C/C=C/CCCCCCCC. The molecule has 0 spiro atoms. The molecule has 2 atom stereocenters. The van der Waals surface area contributed by atoms with E-state index in [4.69, 9.17) is 14.2 Å². The van der Waals surface area contributed by atoms with E-state index >= 15 is 0 Å². The van der Waals surface area contributed by atoms with Gasteiger partial charge in [0.1, 0.15) is 6.61 Å². The second kappa shape index (κ2) is 43.6. The summed E-state index contributed by atoms with van der Waals surface area (Å²) in [7, 11) is 5.49. The van der Waals surface area contributed by atoms with Crippen molar-refractivity contribution in [2.45, 2.75) is 174 Å². The number of carboxylic acid groups (broad SMARTS) is 1. The topological polar surface area (TPSA) is 99.1 Å². The zero-order valence-corrected chi connectivity index (χ0v) is 39.8. The van der Waals surface area contributed by atoms with Crippen molar-refractivity contribution in [3.63, 3.8) is 0 Å². The molecule has 8 nitrogen and oxygen atoms in total. The maximum Gasteiger partial charge on any atom is 0.362 e. The number of esters is 2. The molecule has 0 aromatic carbocycles. The average molecular weight is 863 g/mol. The third-order valence-corrected chi connectivity index (χ3v) is 9.91. The molecule has 0 bridgehead atoms. The van der Waals surface area contributed by atoms with Crippen LogP contribution in [0.3, 0.4) is 0 Å². The maximum atomic E-state index is 12.8. The van der Waals surface area contributed by atoms with E-state index in [2.05, 4.69) is 123 Å². The molecule has 0 saturated carbocycles. The van der Waals surface area contributed by atoms with Gasteiger partial charge in [-0.05, 0) is 96.3 Å². The monoisotopic (exact) mass is 863 g/mol. The van der Waals surface area contributed by atoms with Crippen LogP contribution in [0.15, 0.2) is 109 Å². The van der Waals surface area contributed by atoms with E-state index in [0.717, 1.165) is 70.6 Å². The minimum absolute atomic E-state index is 0.0201. The molecular formula is C54H88NO7+. The highest BCUT2D eigenvalue weighted by Crippen LogP contribution is 2.11. The zero-order valence-electron chi connectivity index (χ0n) is 39.8. The summed E-state index contributed by atoms with van der Waals surface area (Å²) in [6, 6.07) is -0.637. The van der Waals surface area contributed by atoms with Gasteiger partial charge in [-0.15, -0.1) is 0 Å². The number of quaternary nitrogens is 1. The second-order valence-corrected chi connectivity index (χ2v) is 16.6. The number of rotatable bonds is 41. The molecule has 0 saturated heterocycles. The standard InChI is InChI=1S/C54H87NO7/c1-6-8-10-12-14-16-18-20-22-24-25-26-27-29-31-33-35-37-39-41-43-45-53(57)62-50(48-60-47-46-51(54(58)59)55(3,4)5)49-61-52(56)44-42-40-38-36-34-32-30-28-23-21-19-17-15-13-11-9-7-2/h8,10,14,16,20-23,25-26,29-32,35-38,50-51H,6-7,9,11-13,15,17-19,24,27-28,33-34,39-49H2,1-5H3/p+1/b10-8+,16-14+,22-20+,23-21+,26-25+,31-29+,32-30+,37-35+,38-36+. The highest BCUT2D eigenvalue weighted by Gasteiger charge is 2.31. The first-order valence-electron chi connectivity index (χ1n) is 23.9. The predicted molar refractivity (Wildman–Crippen MR) is 261 cm³/mol. The van der Waals surface area contributed by atoms with Crippen LogP contribution < -0.4 is 0 Å². The van der Waals surface area contributed by atoms with Crippen LogP contribution in [0.2, 0.25) is 0 Å². The lowest BCUT2D eigenvalue weighted by atomic mass is 10.1. The minimum atomic E-state index is -0.893. The Balaban J connectivity index is 4.49. The fourth-order valence-electron chi connectivity index (χ4n) is 6.23. The van der Waals surface area contributed by atoms with Crippen molar-refractivity contribution in [1.29, 1.82) is 0 Å². The number of nitrogens with zero attached hydrogens (tertiary/aromatic N) is 1. The summed E-state index contributed by atoms with van der Waals surface area (Å²) in [5.74, 6) is -1.61. The first-order chi connectivity index (χ1) is 30.1. The number of hydrogen-bond donors (Lipinski definition) is 1. The maximum absolute atomic E-state index is 12.8. The van der Waals surface area contributed by atoms with Crippen LogP contribution in [0, 0.1) is 0 Å². The van der Waals surface area contributed by atoms with Crippen molar-refractivity contribution in [1.82, 2.24) is 0 Å². The molecule has 0 heterocycles. The van der Waals surface area contributed by atoms with Crippen LogP contribution in [0.1, 0.15) is 162 Å². The van der Waals surface area contributed by atoms with E-state index in [-0.39, 0.29) is 49.1 Å². The summed E-state index contributed by atoms with van der Waals surface area (Å²) in [5.41, 5.74) is 0. The number of allylic oxidation sites excluding steroid dienone is 18. The molecule has 2 unspecified atom stereocenters. The molecule has 0 amide bonds. The summed E-state index contributed by atoms with van der Waals surface area (Å²) < 4.78 is 17.2. The molecule has 350 valence electrons. The fourth-order valence-corrected chi connectivity index (χ4v) is 6.23. The van der Waals surface area contributed by atoms with Crippen molar-refractivity contribution >= 4 is 17.9 Å². The Morgan fingerprint density at radius 2 is 0.919 bits per heavy atom. The Labute approximate surface area is 378 Å². The summed E-state index contributed by atoms with van der Waals surface area (Å²) in [6.07, 6.45) is 60.0. The molecule has 0 radical (unpaired) electrons. The van der Waals surface area contributed by atoms with Gasteiger partial charge in [0.15, 0.2) is 12.1 Å². The fraction of sp³-hybridized carbons (Fsp3) is 0.611. The molecule has 1 N–H and O–H groups in total. The van der Waals surface area contributed by atoms with Crippen molar-refractivity contribution < 1.29 is 38.2 Å². The number of hydrogen-bond acceptors (Lipinski definition) is 6. The predicted octanol–water partition coefficient (Wildman–Crippen LogP) is 13.6. The summed E-state index contributed by atoms with van der Waals surface area (Å²) in [5, 5.41) is 9.64. The van der Waals surface area contributed by atoms with E-state index < -0.39 is 18.1 Å². The van der Waals surface area contributed by atoms with Gasteiger partial charge < -0.3 is 23.8 Å². The van der Waals surface area contributed by atoms with Gasteiger partial charge in [0.25, 0.3) is 0 Å². The number of carbonyl (C=O) groups excluding carboxylic acids is 2. The van der Waals surface area contributed by atoms with Crippen LogP contribution in [0.25, 0.3) is 0 Å². The largest absolute Gasteiger partial charge is 0.477 e. The van der Waals surface area contributed by atoms with E-state index in [1.54, 1.807) is 0 Å². The van der Waals surface area contributed by atoms with E-state index in [1.165, 1.54) is 44.9 Å². The number of aliphatic carboxylic acids is 1. The Morgan fingerprint density at radius 1 is 0.500 bits per heavy atom. The van der Waals surface area contributed by atoms with Gasteiger partial charge in [-0.2, -0.15) is 0 Å². The van der Waals surface area contributed by atoms with Crippen LogP contribution in [0.5, 0.6) is 0 Å². The Kier molecular flexibility index (Phi) is 40.8. The molecule has 0 fully saturated rings. The molecule has 0 aliphatic rings. The van der Waals surface area contributed by atoms with Gasteiger partial charge in [0.2, 0.25) is 0 Å². The lowest BCUT2D eigenvalue weighted by molar-refractivity contribution is -0.887. The number of carbonyl (C=O) groups is 3. The highest BCUT2D eigenvalue weighted by atomic mass is 16.6. The smallest absolute Gasteiger partial charge is 0.362 e. The number of carboxylic acids is 1. The number of ether oxygens (including phenoxy) is 3. The zero-order chi connectivity index (χ0) is 45.6. The highest BCUT2D eigenvalue weighted by molar-refractivity contribution is 5.72. The molecule has 8 heteroatoms. The first kappa shape index (κ1) is 58.0. The van der Waals surface area contributed by atoms with E-state index in [0.29, 0.717) is 19.3 Å². The van der Waals surface area contributed by atoms with Gasteiger partial charge in [-0.3, -0.25) is 9.59 Å². The number of unbranched alkanes of at least 4 members (excludes halogenated alkanes) is 9. The van der Waals surface area contributed by atoms with Crippen molar-refractivity contribution in [2.24, 2.45) is 0 Å².